The second-order valence-electron chi connectivity index (χ2n) is 6.86. The molecule has 2 aromatic carbocycles. The zero-order valence-electron chi connectivity index (χ0n) is 16.8. The van der Waals surface area contributed by atoms with Crippen LogP contribution < -0.4 is 19.5 Å². The van der Waals surface area contributed by atoms with Crippen LogP contribution in [-0.4, -0.2) is 51.8 Å². The van der Waals surface area contributed by atoms with Gasteiger partial charge in [0.1, 0.15) is 0 Å². The van der Waals surface area contributed by atoms with Crippen molar-refractivity contribution in [3.05, 3.63) is 47.5 Å². The van der Waals surface area contributed by atoms with Gasteiger partial charge in [0.2, 0.25) is 5.75 Å². The Hall–Kier alpha value is -2.73. The molecule has 0 radical (unpaired) electrons. The predicted octanol–water partition coefficient (Wildman–Crippen LogP) is 3.60. The number of amides is 1. The summed E-state index contributed by atoms with van der Waals surface area (Å²) in [6.45, 7) is 3.52. The van der Waals surface area contributed by atoms with Crippen molar-refractivity contribution in [2.24, 2.45) is 0 Å². The number of nitrogens with one attached hydrogen (secondary N) is 1. The lowest BCUT2D eigenvalue weighted by atomic mass is 10.1. The summed E-state index contributed by atoms with van der Waals surface area (Å²) in [5.41, 5.74) is 2.47. The van der Waals surface area contributed by atoms with Crippen LogP contribution in [0.2, 0.25) is 0 Å². The summed E-state index contributed by atoms with van der Waals surface area (Å²) in [6, 6.07) is 11.3. The topological polar surface area (TPSA) is 60.0 Å². The fourth-order valence-electron chi connectivity index (χ4n) is 3.46. The largest absolute Gasteiger partial charge is 0.493 e. The van der Waals surface area contributed by atoms with E-state index >= 15 is 0 Å². The second-order valence-corrected chi connectivity index (χ2v) is 6.86. The Morgan fingerprint density at radius 2 is 1.57 bits per heavy atom. The van der Waals surface area contributed by atoms with Crippen LogP contribution in [0.25, 0.3) is 0 Å². The van der Waals surface area contributed by atoms with Crippen LogP contribution >= 0.6 is 0 Å². The molecule has 0 aliphatic carbocycles. The Bertz CT molecular complexity index is 774. The number of benzene rings is 2. The van der Waals surface area contributed by atoms with Gasteiger partial charge in [-0.1, -0.05) is 12.1 Å². The molecule has 6 nitrogen and oxygen atoms in total. The first-order valence-electron chi connectivity index (χ1n) is 9.57. The number of carbonyl (C=O) groups is 1. The van der Waals surface area contributed by atoms with Gasteiger partial charge in [-0.05, 0) is 62.2 Å². The van der Waals surface area contributed by atoms with E-state index in [1.54, 1.807) is 12.1 Å². The highest BCUT2D eigenvalue weighted by Crippen LogP contribution is 2.38. The molecule has 1 amide bonds. The third-order valence-corrected chi connectivity index (χ3v) is 5.05. The lowest BCUT2D eigenvalue weighted by Gasteiger charge is -2.15. The summed E-state index contributed by atoms with van der Waals surface area (Å²) in [6.07, 6.45) is 3.65. The first kappa shape index (κ1) is 20.0. The molecule has 150 valence electrons. The first-order chi connectivity index (χ1) is 13.6. The highest BCUT2D eigenvalue weighted by atomic mass is 16.5. The Labute approximate surface area is 166 Å². The SMILES string of the molecule is COc1cc(C(=O)Nc2ccc(CCN3CCCC3)cc2)cc(OC)c1OC. The fraction of sp³-hybridized carbons (Fsp3) is 0.409. The van der Waals surface area contributed by atoms with Crippen LogP contribution in [0.3, 0.4) is 0 Å². The van der Waals surface area contributed by atoms with Crippen molar-refractivity contribution in [1.82, 2.24) is 4.90 Å². The number of hydrogen-bond donors (Lipinski definition) is 1. The Balaban J connectivity index is 1.65. The molecule has 1 fully saturated rings. The molecule has 28 heavy (non-hydrogen) atoms. The van der Waals surface area contributed by atoms with Crippen LogP contribution in [0.4, 0.5) is 5.69 Å². The van der Waals surface area contributed by atoms with Crippen LogP contribution in [0, 0.1) is 0 Å². The molecule has 6 heteroatoms. The third-order valence-electron chi connectivity index (χ3n) is 5.05. The van der Waals surface area contributed by atoms with Crippen molar-refractivity contribution in [1.29, 1.82) is 0 Å². The van der Waals surface area contributed by atoms with E-state index in [1.165, 1.54) is 52.8 Å². The number of hydrogen-bond acceptors (Lipinski definition) is 5. The van der Waals surface area contributed by atoms with E-state index in [4.69, 9.17) is 14.2 Å². The van der Waals surface area contributed by atoms with Gasteiger partial charge in [0.25, 0.3) is 5.91 Å². The van der Waals surface area contributed by atoms with Crippen molar-refractivity contribution in [2.75, 3.05) is 46.3 Å². The predicted molar refractivity (Wildman–Crippen MR) is 110 cm³/mol. The van der Waals surface area contributed by atoms with E-state index in [0.717, 1.165) is 18.7 Å². The third kappa shape index (κ3) is 4.75. The molecular weight excluding hydrogens is 356 g/mol. The van der Waals surface area contributed by atoms with Crippen molar-refractivity contribution in [3.63, 3.8) is 0 Å². The van der Waals surface area contributed by atoms with Gasteiger partial charge in [0.15, 0.2) is 11.5 Å². The lowest BCUT2D eigenvalue weighted by Crippen LogP contribution is -2.21. The van der Waals surface area contributed by atoms with E-state index in [2.05, 4.69) is 22.3 Å². The number of anilines is 1. The van der Waals surface area contributed by atoms with Gasteiger partial charge >= 0.3 is 0 Å². The maximum Gasteiger partial charge on any atom is 0.255 e. The molecular formula is C22H28N2O4. The molecule has 1 aliphatic rings. The zero-order chi connectivity index (χ0) is 19.9. The zero-order valence-corrected chi connectivity index (χ0v) is 16.8. The fourth-order valence-corrected chi connectivity index (χ4v) is 3.46. The van der Waals surface area contributed by atoms with E-state index in [-0.39, 0.29) is 5.91 Å². The first-order valence-corrected chi connectivity index (χ1v) is 9.57. The van der Waals surface area contributed by atoms with E-state index in [0.29, 0.717) is 22.8 Å². The maximum atomic E-state index is 12.7. The van der Waals surface area contributed by atoms with Crippen molar-refractivity contribution < 1.29 is 19.0 Å². The molecule has 2 aromatic rings. The average molecular weight is 384 g/mol. The van der Waals surface area contributed by atoms with Crippen LogP contribution in [-0.2, 0) is 6.42 Å². The lowest BCUT2D eigenvalue weighted by molar-refractivity contribution is 0.102. The number of ether oxygens (including phenoxy) is 3. The molecule has 0 aromatic heterocycles. The molecule has 1 saturated heterocycles. The van der Waals surface area contributed by atoms with Crippen LogP contribution in [0.5, 0.6) is 17.2 Å². The summed E-state index contributed by atoms with van der Waals surface area (Å²) in [5, 5.41) is 2.92. The van der Waals surface area contributed by atoms with Gasteiger partial charge in [-0.15, -0.1) is 0 Å². The van der Waals surface area contributed by atoms with Crippen molar-refractivity contribution in [2.45, 2.75) is 19.3 Å². The average Bonchev–Trinajstić information content (AvgIpc) is 3.25. The molecule has 1 N–H and O–H groups in total. The highest BCUT2D eigenvalue weighted by Gasteiger charge is 2.17. The van der Waals surface area contributed by atoms with Gasteiger partial charge in [-0.2, -0.15) is 0 Å². The molecule has 0 atom stereocenters. The molecule has 0 saturated carbocycles. The van der Waals surface area contributed by atoms with Gasteiger partial charge in [0.05, 0.1) is 21.3 Å². The quantitative estimate of drug-likeness (QED) is 0.754. The van der Waals surface area contributed by atoms with Crippen LogP contribution in [0.1, 0.15) is 28.8 Å². The molecule has 3 rings (SSSR count). The monoisotopic (exact) mass is 384 g/mol. The molecule has 0 unspecified atom stereocenters. The maximum absolute atomic E-state index is 12.7. The van der Waals surface area contributed by atoms with E-state index < -0.39 is 0 Å². The standard InChI is InChI=1S/C22H28N2O4/c1-26-19-14-17(15-20(27-2)21(19)28-3)22(25)23-18-8-6-16(7-9-18)10-13-24-11-4-5-12-24/h6-9,14-15H,4-5,10-13H2,1-3H3,(H,23,25). The summed E-state index contributed by atoms with van der Waals surface area (Å²) in [7, 11) is 4.59. The minimum Gasteiger partial charge on any atom is -0.493 e. The van der Waals surface area contributed by atoms with Crippen molar-refractivity contribution in [3.8, 4) is 17.2 Å². The molecule has 0 bridgehead atoms. The molecule has 1 heterocycles. The number of methoxy groups -OCH3 is 3. The number of likely N-dealkylation sites (tertiary alicyclic amines) is 1. The minimum absolute atomic E-state index is 0.232. The number of rotatable bonds is 8. The Morgan fingerprint density at radius 1 is 0.964 bits per heavy atom. The Morgan fingerprint density at radius 3 is 2.11 bits per heavy atom. The van der Waals surface area contributed by atoms with Gasteiger partial charge in [-0.25, -0.2) is 0 Å². The van der Waals surface area contributed by atoms with Gasteiger partial charge in [-0.3, -0.25) is 4.79 Å². The molecule has 0 spiro atoms. The molecule has 1 aliphatic heterocycles. The smallest absolute Gasteiger partial charge is 0.255 e. The summed E-state index contributed by atoms with van der Waals surface area (Å²) < 4.78 is 15.9. The Kier molecular flexibility index (Phi) is 6.76. The summed E-state index contributed by atoms with van der Waals surface area (Å²) in [4.78, 5) is 15.2. The highest BCUT2D eigenvalue weighted by molar-refractivity contribution is 6.05. The second kappa shape index (κ2) is 9.46. The van der Waals surface area contributed by atoms with E-state index in [1.807, 2.05) is 12.1 Å². The number of nitrogens with zero attached hydrogens (tertiary/aromatic N) is 1. The van der Waals surface area contributed by atoms with Gasteiger partial charge in [0, 0.05) is 17.8 Å². The van der Waals surface area contributed by atoms with Crippen LogP contribution in [0.15, 0.2) is 36.4 Å². The van der Waals surface area contributed by atoms with E-state index in [9.17, 15) is 4.79 Å². The minimum atomic E-state index is -0.232. The van der Waals surface area contributed by atoms with Crippen molar-refractivity contribution >= 4 is 11.6 Å². The summed E-state index contributed by atoms with van der Waals surface area (Å²) >= 11 is 0. The van der Waals surface area contributed by atoms with Gasteiger partial charge < -0.3 is 24.4 Å². The number of carbonyl (C=O) groups excluding carboxylic acids is 1. The summed E-state index contributed by atoms with van der Waals surface area (Å²) in [5.74, 6) is 1.13. The normalized spacial score (nSPS) is 14.0.